The molecule has 2 aliphatic heterocycles. The normalized spacial score (nSPS) is 13.4. The van der Waals surface area contributed by atoms with Crippen LogP contribution in [0, 0.1) is 0 Å². The van der Waals surface area contributed by atoms with Crippen molar-refractivity contribution in [3.05, 3.63) is 152 Å². The molecule has 0 unspecified atom stereocenters. The minimum absolute atomic E-state index is 0.0671. The molecule has 9 aromatic carbocycles. The fraction of sp³-hybridized carbons (Fsp3) is 0. The highest BCUT2D eigenvalue weighted by Crippen LogP contribution is 2.46. The number of furan rings is 2. The van der Waals surface area contributed by atoms with E-state index in [0.29, 0.717) is 0 Å². The minimum Gasteiger partial charge on any atom is -0.455 e. The first-order valence-electron chi connectivity index (χ1n) is 19.1. The Bertz CT molecular complexity index is 3710. The molecule has 0 saturated carbocycles. The average molecular weight is 697 g/mol. The van der Waals surface area contributed by atoms with Gasteiger partial charge in [-0.15, -0.1) is 0 Å². The molecule has 0 fully saturated rings. The van der Waals surface area contributed by atoms with Gasteiger partial charge in [-0.1, -0.05) is 103 Å². The van der Waals surface area contributed by atoms with Crippen molar-refractivity contribution in [3.8, 4) is 11.4 Å². The number of para-hydroxylation sites is 2. The van der Waals surface area contributed by atoms with E-state index in [2.05, 4.69) is 161 Å². The van der Waals surface area contributed by atoms with Gasteiger partial charge in [0.05, 0.1) is 21.8 Å². The lowest BCUT2D eigenvalue weighted by atomic mass is 9.34. The maximum Gasteiger partial charge on any atom is 0.252 e. The van der Waals surface area contributed by atoms with Gasteiger partial charge in [0.2, 0.25) is 0 Å². The fourth-order valence-electron chi connectivity index (χ4n) is 11.0. The average Bonchev–Trinajstić information content (AvgIpc) is 3.99. The van der Waals surface area contributed by atoms with Crippen molar-refractivity contribution in [1.29, 1.82) is 0 Å². The van der Waals surface area contributed by atoms with Gasteiger partial charge >= 0.3 is 0 Å². The van der Waals surface area contributed by atoms with Crippen LogP contribution < -0.4 is 16.4 Å². The third kappa shape index (κ3) is 3.00. The van der Waals surface area contributed by atoms with E-state index in [9.17, 15) is 0 Å². The summed E-state index contributed by atoms with van der Waals surface area (Å²) in [6.45, 7) is 0.0671. The molecule has 0 spiro atoms. The summed E-state index contributed by atoms with van der Waals surface area (Å²) in [5.41, 5.74) is 15.1. The van der Waals surface area contributed by atoms with Crippen LogP contribution >= 0.6 is 0 Å². The van der Waals surface area contributed by atoms with Crippen molar-refractivity contribution in [2.24, 2.45) is 0 Å². The van der Waals surface area contributed by atoms with E-state index >= 15 is 0 Å². The minimum atomic E-state index is 0.0671. The van der Waals surface area contributed by atoms with Gasteiger partial charge in [-0.25, -0.2) is 0 Å². The molecule has 5 heteroatoms. The molecule has 55 heavy (non-hydrogen) atoms. The summed E-state index contributed by atoms with van der Waals surface area (Å²) in [4.78, 5) is 0. The third-order valence-corrected chi connectivity index (χ3v) is 13.1. The quantitative estimate of drug-likeness (QED) is 0.148. The second-order valence-electron chi connectivity index (χ2n) is 15.5. The Kier molecular flexibility index (Phi) is 4.53. The summed E-state index contributed by atoms with van der Waals surface area (Å²) in [5, 5.41) is 14.4. The Hall–Kier alpha value is -7.24. The topological polar surface area (TPSA) is 36.1 Å². The lowest BCUT2D eigenvalue weighted by Crippen LogP contribution is -2.59. The summed E-state index contributed by atoms with van der Waals surface area (Å²) in [7, 11) is 0. The third-order valence-electron chi connectivity index (χ3n) is 13.1. The lowest BCUT2D eigenvalue weighted by molar-refractivity contribution is 0.673. The van der Waals surface area contributed by atoms with Crippen LogP contribution in [0.4, 0.5) is 0 Å². The zero-order chi connectivity index (χ0) is 35.3. The zero-order valence-corrected chi connectivity index (χ0v) is 29.2. The van der Waals surface area contributed by atoms with Gasteiger partial charge in [0.15, 0.2) is 0 Å². The molecule has 250 valence electrons. The van der Waals surface area contributed by atoms with Gasteiger partial charge in [0.25, 0.3) is 6.71 Å². The molecule has 4 aromatic heterocycles. The summed E-state index contributed by atoms with van der Waals surface area (Å²) < 4.78 is 18.8. The Morgan fingerprint density at radius 1 is 0.364 bits per heavy atom. The molecule has 0 N–H and O–H groups in total. The second-order valence-corrected chi connectivity index (χ2v) is 15.5. The first-order chi connectivity index (χ1) is 27.3. The Morgan fingerprint density at radius 2 is 0.836 bits per heavy atom. The lowest BCUT2D eigenvalue weighted by Gasteiger charge is -2.33. The molecule has 15 rings (SSSR count). The molecule has 0 atom stereocenters. The number of rotatable bonds is 0. The van der Waals surface area contributed by atoms with E-state index in [1.165, 1.54) is 104 Å². The molecular formula is C50H25BN2O2. The first-order valence-corrected chi connectivity index (χ1v) is 19.1. The van der Waals surface area contributed by atoms with Crippen molar-refractivity contribution in [3.63, 3.8) is 0 Å². The predicted octanol–water partition coefficient (Wildman–Crippen LogP) is 11.1. The summed E-state index contributed by atoms with van der Waals surface area (Å²) in [6, 6.07) is 55.7. The van der Waals surface area contributed by atoms with Crippen LogP contribution in [-0.2, 0) is 0 Å². The first kappa shape index (κ1) is 27.4. The highest BCUT2D eigenvalue weighted by Gasteiger charge is 2.41. The van der Waals surface area contributed by atoms with Crippen molar-refractivity contribution in [2.45, 2.75) is 0 Å². The Balaban J connectivity index is 1.08. The number of hydrogen-bond acceptors (Lipinski definition) is 2. The number of fused-ring (bicyclic) bond motifs is 22. The molecule has 13 aromatic rings. The van der Waals surface area contributed by atoms with Crippen LogP contribution in [0.3, 0.4) is 0 Å². The van der Waals surface area contributed by atoms with Crippen LogP contribution in [0.25, 0.3) is 120 Å². The smallest absolute Gasteiger partial charge is 0.252 e. The van der Waals surface area contributed by atoms with Crippen molar-refractivity contribution in [1.82, 2.24) is 9.13 Å². The highest BCUT2D eigenvalue weighted by atomic mass is 16.3. The van der Waals surface area contributed by atoms with Crippen LogP contribution in [-0.4, -0.2) is 15.8 Å². The maximum atomic E-state index is 6.86. The van der Waals surface area contributed by atoms with E-state index < -0.39 is 0 Å². The van der Waals surface area contributed by atoms with Gasteiger partial charge in [-0.3, -0.25) is 0 Å². The number of nitrogens with zero attached hydrogens (tertiary/aromatic N) is 2. The van der Waals surface area contributed by atoms with E-state index in [1.807, 2.05) is 0 Å². The molecule has 0 bridgehead atoms. The molecule has 0 aliphatic carbocycles. The number of benzene rings is 9. The molecule has 0 saturated heterocycles. The number of hydrogen-bond donors (Lipinski definition) is 0. The summed E-state index contributed by atoms with van der Waals surface area (Å²) in [5.74, 6) is 0. The van der Waals surface area contributed by atoms with Gasteiger partial charge < -0.3 is 18.0 Å². The Morgan fingerprint density at radius 3 is 1.36 bits per heavy atom. The SMILES string of the molecule is c1cc2c3c(c1)-n1c4ccc5c(oc6ccc7ccccc7c65)c4c4cccc(c41)B3c1cccc3c4c5oc6ccc7ccccc7c6c5ccc4n-2c13. The largest absolute Gasteiger partial charge is 0.455 e. The summed E-state index contributed by atoms with van der Waals surface area (Å²) in [6.07, 6.45) is 0. The second kappa shape index (κ2) is 9.10. The maximum absolute atomic E-state index is 6.86. The van der Waals surface area contributed by atoms with E-state index in [4.69, 9.17) is 8.83 Å². The fourth-order valence-corrected chi connectivity index (χ4v) is 11.0. The standard InChI is InChI=1S/C50H25BN2O2/c1-3-10-28-26(8-1)18-24-40-42(28)32-20-22-36-44(49(32)54-40)30-12-5-14-34-47(30)52(36)38-16-7-17-39-46(38)51(34)35-15-6-13-31-45-37(53(39)48(31)35)23-21-33-43-29-11-4-2-9-27(29)19-25-41(43)55-50(33)45/h1-25H. The van der Waals surface area contributed by atoms with Crippen molar-refractivity contribution in [2.75, 3.05) is 0 Å². The van der Waals surface area contributed by atoms with Crippen molar-refractivity contribution >= 4 is 132 Å². The van der Waals surface area contributed by atoms with Gasteiger partial charge in [-0.05, 0) is 86.5 Å². The van der Waals surface area contributed by atoms with Crippen molar-refractivity contribution < 1.29 is 8.83 Å². The zero-order valence-electron chi connectivity index (χ0n) is 29.2. The number of aromatic nitrogens is 2. The van der Waals surface area contributed by atoms with Gasteiger partial charge in [0, 0.05) is 54.7 Å². The molecule has 6 heterocycles. The molecule has 0 radical (unpaired) electrons. The Labute approximate surface area is 312 Å². The van der Waals surface area contributed by atoms with E-state index in [0.717, 1.165) is 33.1 Å². The van der Waals surface area contributed by atoms with Crippen LogP contribution in [0.1, 0.15) is 0 Å². The predicted molar refractivity (Wildman–Crippen MR) is 229 cm³/mol. The van der Waals surface area contributed by atoms with Gasteiger partial charge in [-0.2, -0.15) is 0 Å². The van der Waals surface area contributed by atoms with E-state index in [1.54, 1.807) is 0 Å². The molecule has 4 nitrogen and oxygen atoms in total. The van der Waals surface area contributed by atoms with E-state index in [-0.39, 0.29) is 6.71 Å². The van der Waals surface area contributed by atoms with Gasteiger partial charge in [0.1, 0.15) is 22.3 Å². The van der Waals surface area contributed by atoms with Crippen LogP contribution in [0.15, 0.2) is 160 Å². The highest BCUT2D eigenvalue weighted by molar-refractivity contribution is 7.00. The molecule has 2 aliphatic rings. The molecule has 0 amide bonds. The summed E-state index contributed by atoms with van der Waals surface area (Å²) >= 11 is 0. The monoisotopic (exact) mass is 696 g/mol. The van der Waals surface area contributed by atoms with Crippen LogP contribution in [0.5, 0.6) is 0 Å². The van der Waals surface area contributed by atoms with Crippen LogP contribution in [0.2, 0.25) is 0 Å². The molecular weight excluding hydrogens is 671 g/mol.